The van der Waals surface area contributed by atoms with Crippen molar-refractivity contribution in [3.63, 3.8) is 0 Å². The van der Waals surface area contributed by atoms with E-state index in [1.54, 1.807) is 0 Å². The Labute approximate surface area is 83.8 Å². The summed E-state index contributed by atoms with van der Waals surface area (Å²) >= 11 is 0. The first kappa shape index (κ1) is 9.00. The van der Waals surface area contributed by atoms with E-state index >= 15 is 0 Å². The van der Waals surface area contributed by atoms with Gasteiger partial charge in [-0.3, -0.25) is 0 Å². The molecule has 2 heteroatoms. The molecular formula is C12H14N2. The summed E-state index contributed by atoms with van der Waals surface area (Å²) in [5, 5.41) is 1.21. The summed E-state index contributed by atoms with van der Waals surface area (Å²) in [6.07, 6.45) is 0. The summed E-state index contributed by atoms with van der Waals surface area (Å²) in [5.74, 6) is 1.08. The number of nitrogen functional groups attached to an aromatic ring is 1. The number of nitrogens with zero attached hydrogens (tertiary/aromatic N) is 1. The summed E-state index contributed by atoms with van der Waals surface area (Å²) in [4.78, 5) is 4.30. The number of rotatable bonds is 1. The number of benzene rings is 1. The van der Waals surface area contributed by atoms with Gasteiger partial charge in [-0.25, -0.2) is 4.98 Å². The van der Waals surface area contributed by atoms with Crippen molar-refractivity contribution in [2.45, 2.75) is 19.8 Å². The van der Waals surface area contributed by atoms with E-state index in [0.717, 1.165) is 5.52 Å². The third kappa shape index (κ3) is 1.43. The first-order valence-corrected chi connectivity index (χ1v) is 4.83. The fourth-order valence-electron chi connectivity index (χ4n) is 1.70. The van der Waals surface area contributed by atoms with Crippen LogP contribution in [-0.4, -0.2) is 4.98 Å². The van der Waals surface area contributed by atoms with Crippen molar-refractivity contribution in [3.8, 4) is 0 Å². The minimum Gasteiger partial charge on any atom is -0.384 e. The summed E-state index contributed by atoms with van der Waals surface area (Å²) in [6, 6.07) is 10.1. The third-order valence-corrected chi connectivity index (χ3v) is 2.39. The lowest BCUT2D eigenvalue weighted by Gasteiger charge is -2.10. The lowest BCUT2D eigenvalue weighted by Crippen LogP contribution is -1.96. The minimum absolute atomic E-state index is 0.477. The molecular weight excluding hydrogens is 172 g/mol. The number of nitrogens with two attached hydrogens (primary N) is 1. The minimum atomic E-state index is 0.477. The van der Waals surface area contributed by atoms with Gasteiger partial charge in [0.2, 0.25) is 0 Å². The van der Waals surface area contributed by atoms with E-state index in [4.69, 9.17) is 5.73 Å². The molecule has 0 fully saturated rings. The Morgan fingerprint density at radius 3 is 2.64 bits per heavy atom. The van der Waals surface area contributed by atoms with Crippen molar-refractivity contribution in [2.24, 2.45) is 0 Å². The number of anilines is 1. The molecule has 1 aromatic carbocycles. The number of aromatic nitrogens is 1. The Hall–Kier alpha value is -1.57. The van der Waals surface area contributed by atoms with Crippen LogP contribution in [0, 0.1) is 0 Å². The summed E-state index contributed by atoms with van der Waals surface area (Å²) < 4.78 is 0. The van der Waals surface area contributed by atoms with Crippen molar-refractivity contribution in [1.29, 1.82) is 0 Å². The molecule has 0 spiro atoms. The molecule has 0 atom stereocenters. The number of fused-ring (bicyclic) bond motifs is 1. The zero-order valence-corrected chi connectivity index (χ0v) is 8.49. The van der Waals surface area contributed by atoms with Crippen LogP contribution in [0.3, 0.4) is 0 Å². The molecule has 0 amide bonds. The van der Waals surface area contributed by atoms with Crippen LogP contribution < -0.4 is 5.73 Å². The van der Waals surface area contributed by atoms with E-state index in [1.165, 1.54) is 10.9 Å². The molecule has 0 aliphatic carbocycles. The second kappa shape index (κ2) is 3.29. The molecule has 2 aromatic rings. The second-order valence-electron chi connectivity index (χ2n) is 3.81. The molecule has 0 bridgehead atoms. The topological polar surface area (TPSA) is 38.9 Å². The number of hydrogen-bond acceptors (Lipinski definition) is 2. The van der Waals surface area contributed by atoms with Gasteiger partial charge in [0.15, 0.2) is 0 Å². The maximum absolute atomic E-state index is 5.75. The van der Waals surface area contributed by atoms with Crippen LogP contribution in [0.4, 0.5) is 5.82 Å². The molecule has 1 heterocycles. The van der Waals surface area contributed by atoms with Crippen molar-refractivity contribution in [2.75, 3.05) is 5.73 Å². The fourth-order valence-corrected chi connectivity index (χ4v) is 1.70. The highest BCUT2D eigenvalue weighted by molar-refractivity contribution is 5.84. The Kier molecular flexibility index (Phi) is 2.12. The predicted octanol–water partition coefficient (Wildman–Crippen LogP) is 2.94. The van der Waals surface area contributed by atoms with Crippen molar-refractivity contribution in [1.82, 2.24) is 4.98 Å². The van der Waals surface area contributed by atoms with Crippen LogP contribution in [0.15, 0.2) is 30.3 Å². The van der Waals surface area contributed by atoms with Crippen molar-refractivity contribution >= 4 is 16.7 Å². The molecule has 1 aromatic heterocycles. The van der Waals surface area contributed by atoms with Gasteiger partial charge < -0.3 is 5.73 Å². The van der Waals surface area contributed by atoms with Crippen LogP contribution in [-0.2, 0) is 0 Å². The molecule has 2 N–H and O–H groups in total. The molecule has 2 rings (SSSR count). The van der Waals surface area contributed by atoms with Gasteiger partial charge in [0.25, 0.3) is 0 Å². The smallest absolute Gasteiger partial charge is 0.124 e. The molecule has 14 heavy (non-hydrogen) atoms. The van der Waals surface area contributed by atoms with Crippen LogP contribution in [0.25, 0.3) is 10.9 Å². The maximum Gasteiger partial charge on any atom is 0.124 e. The van der Waals surface area contributed by atoms with Crippen molar-refractivity contribution in [3.05, 3.63) is 35.9 Å². The average molecular weight is 186 g/mol. The number of para-hydroxylation sites is 1. The third-order valence-electron chi connectivity index (χ3n) is 2.39. The first-order valence-electron chi connectivity index (χ1n) is 4.83. The molecule has 72 valence electrons. The number of hydrogen-bond donors (Lipinski definition) is 1. The highest BCUT2D eigenvalue weighted by Gasteiger charge is 2.06. The van der Waals surface area contributed by atoms with Gasteiger partial charge in [-0.15, -0.1) is 0 Å². The van der Waals surface area contributed by atoms with E-state index in [2.05, 4.69) is 24.9 Å². The fraction of sp³-hybridized carbons (Fsp3) is 0.250. The van der Waals surface area contributed by atoms with E-state index in [-0.39, 0.29) is 0 Å². The Balaban J connectivity index is 2.80. The highest BCUT2D eigenvalue weighted by atomic mass is 14.8. The standard InChI is InChI=1S/C12H14N2/c1-8(2)10-7-12(13)14-11-6-4-3-5-9(10)11/h3-8H,1-2H3,(H2,13,14). The summed E-state index contributed by atoms with van der Waals surface area (Å²) in [7, 11) is 0. The van der Waals surface area contributed by atoms with Gasteiger partial charge in [0, 0.05) is 5.39 Å². The van der Waals surface area contributed by atoms with E-state index in [1.807, 2.05) is 24.3 Å². The van der Waals surface area contributed by atoms with E-state index < -0.39 is 0 Å². The predicted molar refractivity (Wildman–Crippen MR) is 60.2 cm³/mol. The van der Waals surface area contributed by atoms with Gasteiger partial charge in [0.1, 0.15) is 5.82 Å². The molecule has 0 saturated heterocycles. The molecule has 2 nitrogen and oxygen atoms in total. The summed E-state index contributed by atoms with van der Waals surface area (Å²) in [6.45, 7) is 4.34. The monoisotopic (exact) mass is 186 g/mol. The zero-order chi connectivity index (χ0) is 10.1. The van der Waals surface area contributed by atoms with Crippen LogP contribution in [0.1, 0.15) is 25.3 Å². The Morgan fingerprint density at radius 2 is 1.93 bits per heavy atom. The van der Waals surface area contributed by atoms with E-state index in [0.29, 0.717) is 11.7 Å². The SMILES string of the molecule is CC(C)c1cc(N)nc2ccccc12. The van der Waals surface area contributed by atoms with Crippen LogP contribution in [0.5, 0.6) is 0 Å². The largest absolute Gasteiger partial charge is 0.384 e. The molecule has 0 unspecified atom stereocenters. The summed E-state index contributed by atoms with van der Waals surface area (Å²) in [5.41, 5.74) is 8.01. The highest BCUT2D eigenvalue weighted by Crippen LogP contribution is 2.25. The van der Waals surface area contributed by atoms with E-state index in [9.17, 15) is 0 Å². The second-order valence-corrected chi connectivity index (χ2v) is 3.81. The molecule has 0 aliphatic rings. The Bertz CT molecular complexity index is 461. The van der Waals surface area contributed by atoms with Gasteiger partial charge >= 0.3 is 0 Å². The molecule has 0 aliphatic heterocycles. The van der Waals surface area contributed by atoms with Gasteiger partial charge in [-0.2, -0.15) is 0 Å². The number of pyridine rings is 1. The van der Waals surface area contributed by atoms with Crippen LogP contribution >= 0.6 is 0 Å². The quantitative estimate of drug-likeness (QED) is 0.743. The first-order chi connectivity index (χ1) is 6.68. The normalized spacial score (nSPS) is 11.1. The lowest BCUT2D eigenvalue weighted by molar-refractivity contribution is 0.875. The maximum atomic E-state index is 5.75. The average Bonchev–Trinajstić information content (AvgIpc) is 2.16. The lowest BCUT2D eigenvalue weighted by atomic mass is 9.99. The van der Waals surface area contributed by atoms with Gasteiger partial charge in [-0.05, 0) is 23.6 Å². The molecule has 0 radical (unpaired) electrons. The van der Waals surface area contributed by atoms with Crippen molar-refractivity contribution < 1.29 is 0 Å². The van der Waals surface area contributed by atoms with Gasteiger partial charge in [-0.1, -0.05) is 32.0 Å². The van der Waals surface area contributed by atoms with Gasteiger partial charge in [0.05, 0.1) is 5.52 Å². The Morgan fingerprint density at radius 1 is 1.21 bits per heavy atom. The van der Waals surface area contributed by atoms with Crippen LogP contribution in [0.2, 0.25) is 0 Å². The zero-order valence-electron chi connectivity index (χ0n) is 8.49. The molecule has 0 saturated carbocycles.